The Labute approximate surface area is 131 Å². The molecule has 0 saturated carbocycles. The molecule has 0 aliphatic carbocycles. The van der Waals surface area contributed by atoms with E-state index in [1.54, 1.807) is 18.2 Å². The molecule has 1 rings (SSSR count). The van der Waals surface area contributed by atoms with Crippen LogP contribution in [-0.2, 0) is 4.79 Å². The summed E-state index contributed by atoms with van der Waals surface area (Å²) in [5.74, 6) is 0.245. The molecular weight excluding hydrogens is 284 g/mol. The highest BCUT2D eigenvalue weighted by atomic mass is 16.6. The molecule has 22 heavy (non-hydrogen) atoms. The molecule has 0 aliphatic heterocycles. The number of benzene rings is 1. The van der Waals surface area contributed by atoms with Crippen LogP contribution in [0.1, 0.15) is 45.4 Å². The van der Waals surface area contributed by atoms with Gasteiger partial charge in [-0.1, -0.05) is 38.3 Å². The van der Waals surface area contributed by atoms with Gasteiger partial charge in [0.15, 0.2) is 5.75 Å². The minimum atomic E-state index is -0.474. The number of carbonyl (C=O) groups is 1. The molecule has 0 atom stereocenters. The van der Waals surface area contributed by atoms with Crippen molar-refractivity contribution in [3.8, 4) is 5.75 Å². The number of nitrogens with zero attached hydrogens (tertiary/aromatic N) is 1. The second-order valence-corrected chi connectivity index (χ2v) is 5.09. The van der Waals surface area contributed by atoms with Crippen LogP contribution in [0.4, 0.5) is 5.69 Å². The molecule has 122 valence electrons. The van der Waals surface area contributed by atoms with Gasteiger partial charge in [-0.05, 0) is 18.9 Å². The van der Waals surface area contributed by atoms with E-state index in [1.165, 1.54) is 18.9 Å². The summed E-state index contributed by atoms with van der Waals surface area (Å²) in [6, 6.07) is 6.24. The first-order valence-corrected chi connectivity index (χ1v) is 7.78. The third-order valence-electron chi connectivity index (χ3n) is 3.22. The largest absolute Gasteiger partial charge is 0.487 e. The van der Waals surface area contributed by atoms with Gasteiger partial charge < -0.3 is 10.1 Å². The summed E-state index contributed by atoms with van der Waals surface area (Å²) < 4.78 is 5.38. The van der Waals surface area contributed by atoms with E-state index in [-0.39, 0.29) is 24.0 Å². The number of rotatable bonds is 11. The predicted octanol–water partition coefficient (Wildman–Crippen LogP) is 3.45. The van der Waals surface area contributed by atoms with Crippen molar-refractivity contribution in [3.05, 3.63) is 34.4 Å². The molecule has 0 saturated heterocycles. The van der Waals surface area contributed by atoms with Crippen LogP contribution in [0.3, 0.4) is 0 Å². The highest BCUT2D eigenvalue weighted by molar-refractivity contribution is 5.75. The smallest absolute Gasteiger partial charge is 0.310 e. The number of nitro groups is 1. The number of para-hydroxylation sites is 2. The molecule has 0 radical (unpaired) electrons. The molecule has 1 N–H and O–H groups in total. The standard InChI is InChI=1S/C16H24N2O4/c1-2-3-4-7-12-17-16(19)11-8-13-22-15-10-6-5-9-14(15)18(20)21/h5-6,9-10H,2-4,7-8,11-13H2,1H3,(H,17,19). The Hall–Kier alpha value is -2.11. The molecule has 1 amide bonds. The third-order valence-corrected chi connectivity index (χ3v) is 3.22. The highest BCUT2D eigenvalue weighted by Crippen LogP contribution is 2.25. The maximum atomic E-state index is 11.6. The van der Waals surface area contributed by atoms with E-state index >= 15 is 0 Å². The van der Waals surface area contributed by atoms with Gasteiger partial charge >= 0.3 is 5.69 Å². The van der Waals surface area contributed by atoms with Crippen LogP contribution in [0, 0.1) is 10.1 Å². The molecule has 0 bridgehead atoms. The Morgan fingerprint density at radius 2 is 2.00 bits per heavy atom. The van der Waals surface area contributed by atoms with Crippen LogP contribution >= 0.6 is 0 Å². The van der Waals surface area contributed by atoms with Gasteiger partial charge in [0.25, 0.3) is 0 Å². The van der Waals surface area contributed by atoms with Crippen molar-refractivity contribution >= 4 is 11.6 Å². The lowest BCUT2D eigenvalue weighted by Crippen LogP contribution is -2.24. The minimum absolute atomic E-state index is 0.00246. The maximum Gasteiger partial charge on any atom is 0.310 e. The predicted molar refractivity (Wildman–Crippen MR) is 85.0 cm³/mol. The first-order valence-electron chi connectivity index (χ1n) is 7.78. The van der Waals surface area contributed by atoms with Crippen molar-refractivity contribution in [1.29, 1.82) is 0 Å². The Morgan fingerprint density at radius 3 is 2.73 bits per heavy atom. The summed E-state index contributed by atoms with van der Waals surface area (Å²) in [6.07, 6.45) is 5.42. The van der Waals surface area contributed by atoms with Gasteiger partial charge in [0.2, 0.25) is 5.91 Å². The van der Waals surface area contributed by atoms with Gasteiger partial charge in [0.1, 0.15) is 0 Å². The highest BCUT2D eigenvalue weighted by Gasteiger charge is 2.13. The van der Waals surface area contributed by atoms with E-state index in [0.717, 1.165) is 12.8 Å². The summed E-state index contributed by atoms with van der Waals surface area (Å²) in [7, 11) is 0. The van der Waals surface area contributed by atoms with E-state index in [2.05, 4.69) is 12.2 Å². The number of unbranched alkanes of at least 4 members (excludes halogenated alkanes) is 3. The Kier molecular flexibility index (Phi) is 8.64. The van der Waals surface area contributed by atoms with Gasteiger partial charge in [-0.15, -0.1) is 0 Å². The van der Waals surface area contributed by atoms with Crippen molar-refractivity contribution in [3.63, 3.8) is 0 Å². The molecule has 6 heteroatoms. The van der Waals surface area contributed by atoms with Crippen molar-refractivity contribution in [2.24, 2.45) is 0 Å². The van der Waals surface area contributed by atoms with Gasteiger partial charge in [-0.2, -0.15) is 0 Å². The third kappa shape index (κ3) is 7.06. The zero-order valence-electron chi connectivity index (χ0n) is 13.0. The lowest BCUT2D eigenvalue weighted by atomic mass is 10.2. The lowest BCUT2D eigenvalue weighted by Gasteiger charge is -2.07. The van der Waals surface area contributed by atoms with Crippen LogP contribution in [0.5, 0.6) is 5.75 Å². The fraction of sp³-hybridized carbons (Fsp3) is 0.562. The molecule has 0 unspecified atom stereocenters. The van der Waals surface area contributed by atoms with Crippen molar-refractivity contribution in [1.82, 2.24) is 5.32 Å². The summed E-state index contributed by atoms with van der Waals surface area (Å²) >= 11 is 0. The number of amides is 1. The van der Waals surface area contributed by atoms with Crippen molar-refractivity contribution in [2.75, 3.05) is 13.2 Å². The normalized spacial score (nSPS) is 10.2. The molecular formula is C16H24N2O4. The minimum Gasteiger partial charge on any atom is -0.487 e. The summed E-state index contributed by atoms with van der Waals surface area (Å²) in [6.45, 7) is 3.15. The monoisotopic (exact) mass is 308 g/mol. The number of ether oxygens (including phenoxy) is 1. The quantitative estimate of drug-likeness (QED) is 0.385. The summed E-state index contributed by atoms with van der Waals surface area (Å²) in [5, 5.41) is 13.7. The van der Waals surface area contributed by atoms with Gasteiger partial charge in [0, 0.05) is 19.0 Å². The molecule has 0 aliphatic rings. The zero-order chi connectivity index (χ0) is 16.2. The van der Waals surface area contributed by atoms with E-state index in [4.69, 9.17) is 4.74 Å². The Balaban J connectivity index is 2.17. The number of hydrogen-bond acceptors (Lipinski definition) is 4. The number of nitrogens with one attached hydrogen (secondary N) is 1. The van der Waals surface area contributed by atoms with Gasteiger partial charge in [-0.3, -0.25) is 14.9 Å². The average molecular weight is 308 g/mol. The number of hydrogen-bond donors (Lipinski definition) is 1. The summed E-state index contributed by atoms with van der Waals surface area (Å²) in [4.78, 5) is 21.9. The summed E-state index contributed by atoms with van der Waals surface area (Å²) in [5.41, 5.74) is -0.0529. The van der Waals surface area contributed by atoms with Crippen LogP contribution in [0.25, 0.3) is 0 Å². The first-order chi connectivity index (χ1) is 10.6. The number of nitro benzene ring substituents is 1. The molecule has 0 spiro atoms. The SMILES string of the molecule is CCCCCCNC(=O)CCCOc1ccccc1[N+](=O)[O-]. The van der Waals surface area contributed by atoms with Crippen LogP contribution in [-0.4, -0.2) is 24.0 Å². The van der Waals surface area contributed by atoms with E-state index in [9.17, 15) is 14.9 Å². The topological polar surface area (TPSA) is 81.5 Å². The molecule has 0 heterocycles. The zero-order valence-corrected chi connectivity index (χ0v) is 13.0. The molecule has 1 aromatic rings. The first kappa shape index (κ1) is 17.9. The molecule has 0 aromatic heterocycles. The van der Waals surface area contributed by atoms with Crippen molar-refractivity contribution in [2.45, 2.75) is 45.4 Å². The maximum absolute atomic E-state index is 11.6. The van der Waals surface area contributed by atoms with E-state index < -0.39 is 4.92 Å². The van der Waals surface area contributed by atoms with Crippen LogP contribution in [0.2, 0.25) is 0 Å². The lowest BCUT2D eigenvalue weighted by molar-refractivity contribution is -0.385. The van der Waals surface area contributed by atoms with E-state index in [1.807, 2.05) is 0 Å². The second kappa shape index (κ2) is 10.6. The van der Waals surface area contributed by atoms with Crippen molar-refractivity contribution < 1.29 is 14.5 Å². The Bertz CT molecular complexity index is 477. The van der Waals surface area contributed by atoms with Crippen LogP contribution < -0.4 is 10.1 Å². The van der Waals surface area contributed by atoms with E-state index in [0.29, 0.717) is 19.4 Å². The number of carbonyl (C=O) groups excluding carboxylic acids is 1. The van der Waals surface area contributed by atoms with Gasteiger partial charge in [-0.25, -0.2) is 0 Å². The molecule has 0 fully saturated rings. The fourth-order valence-electron chi connectivity index (χ4n) is 2.01. The van der Waals surface area contributed by atoms with Gasteiger partial charge in [0.05, 0.1) is 11.5 Å². The average Bonchev–Trinajstić information content (AvgIpc) is 2.51. The fourth-order valence-corrected chi connectivity index (χ4v) is 2.01. The Morgan fingerprint density at radius 1 is 1.23 bits per heavy atom. The van der Waals surface area contributed by atoms with Crippen LogP contribution in [0.15, 0.2) is 24.3 Å². The molecule has 1 aromatic carbocycles. The molecule has 6 nitrogen and oxygen atoms in total. The second-order valence-electron chi connectivity index (χ2n) is 5.09.